The molecule has 4 aromatic rings. The summed E-state index contributed by atoms with van der Waals surface area (Å²) in [5.74, 6) is -0.863. The van der Waals surface area contributed by atoms with Crippen molar-refractivity contribution in [3.8, 4) is 0 Å². The first-order valence-electron chi connectivity index (χ1n) is 8.94. The number of nitrogens with zero attached hydrogens (tertiary/aromatic N) is 1. The molecule has 1 amide bonds. The topological polar surface area (TPSA) is 42.0 Å². The summed E-state index contributed by atoms with van der Waals surface area (Å²) in [5, 5.41) is 4.26. The van der Waals surface area contributed by atoms with Gasteiger partial charge in [0.05, 0.1) is 11.1 Å². The Labute approximate surface area is 170 Å². The van der Waals surface area contributed by atoms with E-state index in [2.05, 4.69) is 10.3 Å². The van der Waals surface area contributed by atoms with Crippen LogP contribution in [0.4, 0.5) is 8.78 Å². The van der Waals surface area contributed by atoms with E-state index in [1.165, 1.54) is 36.0 Å². The molecule has 144 valence electrons. The van der Waals surface area contributed by atoms with E-state index in [-0.39, 0.29) is 24.1 Å². The molecular weight excluding hydrogens is 390 g/mol. The third-order valence-corrected chi connectivity index (χ3v) is 5.27. The minimum Gasteiger partial charge on any atom is -0.348 e. The van der Waals surface area contributed by atoms with Gasteiger partial charge in [0.25, 0.3) is 5.91 Å². The number of halogens is 2. The van der Waals surface area contributed by atoms with E-state index in [0.29, 0.717) is 16.1 Å². The Balaban J connectivity index is 1.61. The molecule has 0 radical (unpaired) electrons. The maximum Gasteiger partial charge on any atom is 0.252 e. The van der Waals surface area contributed by atoms with Crippen molar-refractivity contribution in [3.63, 3.8) is 0 Å². The van der Waals surface area contributed by atoms with Crippen LogP contribution in [0.25, 0.3) is 10.9 Å². The largest absolute Gasteiger partial charge is 0.348 e. The molecule has 4 rings (SSSR count). The fraction of sp³-hybridized carbons (Fsp3) is 0.0435. The standard InChI is InChI=1S/C23H16F2N2OS/c24-16-7-5-15(6-8-16)14-26-23(28)20-13-22(27-21-4-2-1-3-19(20)21)29-18-11-9-17(25)10-12-18/h1-13H,14H2,(H,26,28). The lowest BCUT2D eigenvalue weighted by Gasteiger charge is -2.10. The Kier molecular flexibility index (Phi) is 5.53. The smallest absolute Gasteiger partial charge is 0.252 e. The number of hydrogen-bond acceptors (Lipinski definition) is 3. The first kappa shape index (κ1) is 19.1. The molecule has 3 aromatic carbocycles. The van der Waals surface area contributed by atoms with Crippen LogP contribution in [-0.4, -0.2) is 10.9 Å². The Morgan fingerprint density at radius 1 is 0.897 bits per heavy atom. The highest BCUT2D eigenvalue weighted by Gasteiger charge is 2.14. The number of pyridine rings is 1. The van der Waals surface area contributed by atoms with Crippen molar-refractivity contribution >= 4 is 28.6 Å². The van der Waals surface area contributed by atoms with Crippen molar-refractivity contribution in [2.24, 2.45) is 0 Å². The Morgan fingerprint density at radius 3 is 2.28 bits per heavy atom. The third kappa shape index (κ3) is 4.60. The van der Waals surface area contributed by atoms with E-state index >= 15 is 0 Å². The highest BCUT2D eigenvalue weighted by molar-refractivity contribution is 7.99. The molecule has 0 fully saturated rings. The van der Waals surface area contributed by atoms with Gasteiger partial charge in [-0.15, -0.1) is 0 Å². The van der Waals surface area contributed by atoms with Gasteiger partial charge >= 0.3 is 0 Å². The monoisotopic (exact) mass is 406 g/mol. The summed E-state index contributed by atoms with van der Waals surface area (Å²) in [7, 11) is 0. The Morgan fingerprint density at radius 2 is 1.55 bits per heavy atom. The number of carbonyl (C=O) groups is 1. The number of benzene rings is 3. The second-order valence-corrected chi connectivity index (χ2v) is 7.48. The van der Waals surface area contributed by atoms with E-state index in [1.807, 2.05) is 24.3 Å². The lowest BCUT2D eigenvalue weighted by Crippen LogP contribution is -2.23. The predicted molar refractivity (Wildman–Crippen MR) is 110 cm³/mol. The lowest BCUT2D eigenvalue weighted by molar-refractivity contribution is 0.0952. The summed E-state index contributed by atoms with van der Waals surface area (Å²) < 4.78 is 26.2. The van der Waals surface area contributed by atoms with Gasteiger partial charge in [-0.1, -0.05) is 42.1 Å². The maximum absolute atomic E-state index is 13.2. The molecule has 1 N–H and O–H groups in total. The fourth-order valence-corrected chi connectivity index (χ4v) is 3.73. The molecule has 6 heteroatoms. The van der Waals surface area contributed by atoms with Crippen molar-refractivity contribution in [3.05, 3.63) is 102 Å². The summed E-state index contributed by atoms with van der Waals surface area (Å²) >= 11 is 1.36. The maximum atomic E-state index is 13.2. The summed E-state index contributed by atoms with van der Waals surface area (Å²) in [5.41, 5.74) is 2.01. The zero-order valence-corrected chi connectivity index (χ0v) is 16.0. The van der Waals surface area contributed by atoms with Gasteiger partial charge in [0.15, 0.2) is 0 Å². The van der Waals surface area contributed by atoms with Crippen LogP contribution in [0.3, 0.4) is 0 Å². The molecule has 0 saturated carbocycles. The van der Waals surface area contributed by atoms with Crippen LogP contribution in [0.2, 0.25) is 0 Å². The Hall–Kier alpha value is -3.25. The highest BCUT2D eigenvalue weighted by atomic mass is 32.2. The first-order valence-corrected chi connectivity index (χ1v) is 9.76. The molecule has 0 saturated heterocycles. The fourth-order valence-electron chi connectivity index (χ4n) is 2.89. The number of fused-ring (bicyclic) bond motifs is 1. The lowest BCUT2D eigenvalue weighted by atomic mass is 10.1. The third-order valence-electron chi connectivity index (χ3n) is 4.34. The zero-order valence-electron chi connectivity index (χ0n) is 15.2. The van der Waals surface area contributed by atoms with Gasteiger partial charge in [-0.05, 0) is 54.1 Å². The first-order chi connectivity index (χ1) is 14.1. The van der Waals surface area contributed by atoms with Crippen LogP contribution in [0, 0.1) is 11.6 Å². The number of aromatic nitrogens is 1. The molecule has 0 aliphatic heterocycles. The minimum absolute atomic E-state index is 0.242. The van der Waals surface area contributed by atoms with Gasteiger partial charge in [0, 0.05) is 16.8 Å². The summed E-state index contributed by atoms with van der Waals surface area (Å²) in [6, 6.07) is 21.3. The SMILES string of the molecule is O=C(NCc1ccc(F)cc1)c1cc(Sc2ccc(F)cc2)nc2ccccc12. The van der Waals surface area contributed by atoms with E-state index in [4.69, 9.17) is 0 Å². The quantitative estimate of drug-likeness (QED) is 0.469. The number of amides is 1. The number of hydrogen-bond donors (Lipinski definition) is 1. The molecule has 1 heterocycles. The molecule has 1 aromatic heterocycles. The molecular formula is C23H16F2N2OS. The van der Waals surface area contributed by atoms with E-state index in [9.17, 15) is 13.6 Å². The summed E-state index contributed by atoms with van der Waals surface area (Å²) in [4.78, 5) is 18.3. The molecule has 0 atom stereocenters. The van der Waals surface area contributed by atoms with Crippen molar-refractivity contribution in [2.75, 3.05) is 0 Å². The molecule has 0 spiro atoms. The second kappa shape index (κ2) is 8.41. The molecule has 29 heavy (non-hydrogen) atoms. The molecule has 0 aliphatic rings. The zero-order chi connectivity index (χ0) is 20.2. The van der Waals surface area contributed by atoms with E-state index in [0.717, 1.165) is 15.8 Å². The Bertz CT molecular complexity index is 1160. The number of para-hydroxylation sites is 1. The van der Waals surface area contributed by atoms with Crippen molar-refractivity contribution in [2.45, 2.75) is 16.5 Å². The van der Waals surface area contributed by atoms with E-state index in [1.54, 1.807) is 30.3 Å². The van der Waals surface area contributed by atoms with Crippen molar-refractivity contribution < 1.29 is 13.6 Å². The van der Waals surface area contributed by atoms with Gasteiger partial charge in [-0.25, -0.2) is 13.8 Å². The van der Waals surface area contributed by atoms with Crippen molar-refractivity contribution in [1.29, 1.82) is 0 Å². The van der Waals surface area contributed by atoms with Gasteiger partial charge in [-0.3, -0.25) is 4.79 Å². The number of carbonyl (C=O) groups excluding carboxylic acids is 1. The van der Waals surface area contributed by atoms with Crippen LogP contribution >= 0.6 is 11.8 Å². The normalized spacial score (nSPS) is 10.8. The average molecular weight is 406 g/mol. The van der Waals surface area contributed by atoms with Crippen LogP contribution in [0.1, 0.15) is 15.9 Å². The van der Waals surface area contributed by atoms with Crippen LogP contribution in [-0.2, 0) is 6.54 Å². The van der Waals surface area contributed by atoms with Gasteiger partial charge in [-0.2, -0.15) is 0 Å². The van der Waals surface area contributed by atoms with Crippen LogP contribution < -0.4 is 5.32 Å². The van der Waals surface area contributed by atoms with Gasteiger partial charge in [0.2, 0.25) is 0 Å². The molecule has 0 bridgehead atoms. The minimum atomic E-state index is -0.317. The molecule has 0 unspecified atom stereocenters. The van der Waals surface area contributed by atoms with Gasteiger partial charge in [0.1, 0.15) is 16.7 Å². The predicted octanol–water partition coefficient (Wildman–Crippen LogP) is 5.59. The van der Waals surface area contributed by atoms with Crippen LogP contribution in [0.15, 0.2) is 88.8 Å². The summed E-state index contributed by atoms with van der Waals surface area (Å²) in [6.07, 6.45) is 0. The number of nitrogens with one attached hydrogen (secondary N) is 1. The highest BCUT2D eigenvalue weighted by Crippen LogP contribution is 2.30. The van der Waals surface area contributed by atoms with Gasteiger partial charge < -0.3 is 5.32 Å². The second-order valence-electron chi connectivity index (χ2n) is 6.39. The average Bonchev–Trinajstić information content (AvgIpc) is 2.74. The number of rotatable bonds is 5. The molecule has 0 aliphatic carbocycles. The van der Waals surface area contributed by atoms with Crippen molar-refractivity contribution in [1.82, 2.24) is 10.3 Å². The van der Waals surface area contributed by atoms with E-state index < -0.39 is 0 Å². The summed E-state index contributed by atoms with van der Waals surface area (Å²) in [6.45, 7) is 0.288. The molecule has 3 nitrogen and oxygen atoms in total. The van der Waals surface area contributed by atoms with Crippen LogP contribution in [0.5, 0.6) is 0 Å².